The molecule has 1 aliphatic rings. The summed E-state index contributed by atoms with van der Waals surface area (Å²) >= 11 is 1.49. The summed E-state index contributed by atoms with van der Waals surface area (Å²) in [6.45, 7) is 7.02. The maximum absolute atomic E-state index is 13.4. The zero-order valence-corrected chi connectivity index (χ0v) is 21.4. The number of ether oxygens (including phenoxy) is 1. The second-order valence-electron chi connectivity index (χ2n) is 8.97. The predicted octanol–water partition coefficient (Wildman–Crippen LogP) is 5.45. The number of anilines is 1. The van der Waals surface area contributed by atoms with Gasteiger partial charge in [-0.2, -0.15) is 8.42 Å². The Hall–Kier alpha value is -2.82. The summed E-state index contributed by atoms with van der Waals surface area (Å²) in [5.41, 5.74) is 2.13. The van der Waals surface area contributed by atoms with Crippen LogP contribution in [0.25, 0.3) is 10.6 Å². The fraction of sp³-hybridized carbons (Fsp3) is 0.261. The Morgan fingerprint density at radius 1 is 1.12 bits per heavy atom. The SMILES string of the molecule is C[Si](C)(C)CCN1C(O)=CN(c2ccc(-c3nccs3)cc2OCc2ccccc2)S1(=O)=O. The standard InChI is InChI=1S/C23H27N3O4S2Si/c1-33(2,3)14-12-25-22(27)16-26(32(25,28)29)20-10-9-19(23-24-11-13-31-23)15-21(20)30-17-18-7-5-4-6-8-18/h4-11,13,15-16,27H,12,14,17H2,1-3H3. The van der Waals surface area contributed by atoms with Gasteiger partial charge in [-0.25, -0.2) is 13.6 Å². The normalized spacial score (nSPS) is 15.5. The van der Waals surface area contributed by atoms with Crippen molar-refractivity contribution >= 4 is 35.3 Å². The van der Waals surface area contributed by atoms with Crippen LogP contribution < -0.4 is 9.04 Å². The van der Waals surface area contributed by atoms with Crippen LogP contribution in [0.5, 0.6) is 5.75 Å². The molecule has 0 fully saturated rings. The number of aliphatic hydroxyl groups excluding tert-OH is 1. The summed E-state index contributed by atoms with van der Waals surface area (Å²) in [4.78, 5) is 4.35. The number of thiazole rings is 1. The van der Waals surface area contributed by atoms with Crippen molar-refractivity contribution in [3.63, 3.8) is 0 Å². The zero-order valence-electron chi connectivity index (χ0n) is 18.8. The number of aromatic nitrogens is 1. The molecule has 3 aromatic rings. The van der Waals surface area contributed by atoms with Gasteiger partial charge >= 0.3 is 10.2 Å². The van der Waals surface area contributed by atoms with Crippen LogP contribution in [-0.2, 0) is 16.8 Å². The van der Waals surface area contributed by atoms with Gasteiger partial charge in [-0.15, -0.1) is 11.3 Å². The van der Waals surface area contributed by atoms with Crippen LogP contribution in [0.15, 0.2) is 72.2 Å². The minimum Gasteiger partial charge on any atom is -0.493 e. The molecular weight excluding hydrogens is 474 g/mol. The Bertz CT molecular complexity index is 1240. The van der Waals surface area contributed by atoms with Crippen LogP contribution >= 0.6 is 11.3 Å². The number of nitrogens with zero attached hydrogens (tertiary/aromatic N) is 3. The summed E-state index contributed by atoms with van der Waals surface area (Å²) < 4.78 is 35.0. The third-order valence-electron chi connectivity index (χ3n) is 5.19. The van der Waals surface area contributed by atoms with Crippen molar-refractivity contribution in [1.82, 2.24) is 9.29 Å². The largest absolute Gasteiger partial charge is 0.493 e. The van der Waals surface area contributed by atoms with Gasteiger partial charge in [-0.3, -0.25) is 0 Å². The van der Waals surface area contributed by atoms with Crippen molar-refractivity contribution in [3.8, 4) is 16.3 Å². The van der Waals surface area contributed by atoms with E-state index in [1.807, 2.05) is 41.8 Å². The monoisotopic (exact) mass is 501 g/mol. The molecule has 2 heterocycles. The van der Waals surface area contributed by atoms with Crippen molar-refractivity contribution in [3.05, 3.63) is 77.8 Å². The molecule has 33 heavy (non-hydrogen) atoms. The Balaban J connectivity index is 1.68. The lowest BCUT2D eigenvalue weighted by molar-refractivity contribution is 0.294. The summed E-state index contributed by atoms with van der Waals surface area (Å²) in [7, 11) is -5.48. The Labute approximate surface area is 199 Å². The summed E-state index contributed by atoms with van der Waals surface area (Å²) in [5, 5.41) is 13.2. The third-order valence-corrected chi connectivity index (χ3v) is 9.47. The Morgan fingerprint density at radius 2 is 1.88 bits per heavy atom. The van der Waals surface area contributed by atoms with E-state index in [-0.39, 0.29) is 19.0 Å². The first-order valence-electron chi connectivity index (χ1n) is 10.6. The molecule has 2 aromatic carbocycles. The first-order chi connectivity index (χ1) is 15.6. The molecule has 174 valence electrons. The topological polar surface area (TPSA) is 83.0 Å². The van der Waals surface area contributed by atoms with Crippen molar-refractivity contribution in [2.24, 2.45) is 0 Å². The fourth-order valence-electron chi connectivity index (χ4n) is 3.37. The summed E-state index contributed by atoms with van der Waals surface area (Å²) in [6.07, 6.45) is 2.97. The highest BCUT2D eigenvalue weighted by Crippen LogP contribution is 2.39. The fourth-order valence-corrected chi connectivity index (χ4v) is 6.50. The first kappa shape index (κ1) is 23.3. The zero-order chi connectivity index (χ0) is 23.6. The molecule has 0 amide bonds. The summed E-state index contributed by atoms with van der Waals surface area (Å²) in [5.74, 6) is 0.109. The van der Waals surface area contributed by atoms with Gasteiger partial charge in [0.25, 0.3) is 0 Å². The molecular formula is C23H27N3O4S2Si. The van der Waals surface area contributed by atoms with E-state index in [1.165, 1.54) is 17.5 Å². The lowest BCUT2D eigenvalue weighted by Crippen LogP contribution is -2.37. The van der Waals surface area contributed by atoms with Gasteiger partial charge in [0.05, 0.1) is 6.20 Å². The van der Waals surface area contributed by atoms with Crippen molar-refractivity contribution in [1.29, 1.82) is 0 Å². The van der Waals surface area contributed by atoms with Crippen LogP contribution in [-0.4, -0.2) is 37.4 Å². The quantitative estimate of drug-likeness (QED) is 0.415. The Morgan fingerprint density at radius 3 is 2.55 bits per heavy atom. The molecule has 0 radical (unpaired) electrons. The second kappa shape index (κ2) is 9.20. The highest BCUT2D eigenvalue weighted by atomic mass is 32.2. The number of hydrogen-bond acceptors (Lipinski definition) is 6. The highest BCUT2D eigenvalue weighted by molar-refractivity contribution is 7.91. The van der Waals surface area contributed by atoms with E-state index in [9.17, 15) is 13.5 Å². The molecule has 0 saturated carbocycles. The second-order valence-corrected chi connectivity index (χ2v) is 17.2. The maximum atomic E-state index is 13.4. The molecule has 7 nitrogen and oxygen atoms in total. The molecule has 0 bridgehead atoms. The third kappa shape index (κ3) is 5.23. The average Bonchev–Trinajstić information content (AvgIpc) is 3.37. The molecule has 10 heteroatoms. The van der Waals surface area contributed by atoms with E-state index in [2.05, 4.69) is 24.6 Å². The smallest absolute Gasteiger partial charge is 0.332 e. The predicted molar refractivity (Wildman–Crippen MR) is 135 cm³/mol. The lowest BCUT2D eigenvalue weighted by atomic mass is 10.2. The van der Waals surface area contributed by atoms with E-state index in [4.69, 9.17) is 4.74 Å². The number of aliphatic hydroxyl groups is 1. The van der Waals surface area contributed by atoms with Gasteiger partial charge < -0.3 is 9.84 Å². The molecule has 1 N–H and O–H groups in total. The highest BCUT2D eigenvalue weighted by Gasteiger charge is 2.39. The minimum atomic E-state index is -3.97. The van der Waals surface area contributed by atoms with Crippen LogP contribution in [0.3, 0.4) is 0 Å². The van der Waals surface area contributed by atoms with Crippen LogP contribution in [0, 0.1) is 0 Å². The lowest BCUT2D eigenvalue weighted by Gasteiger charge is -2.25. The van der Waals surface area contributed by atoms with Crippen LogP contribution in [0.2, 0.25) is 25.7 Å². The first-order valence-corrected chi connectivity index (χ1v) is 16.6. The van der Waals surface area contributed by atoms with E-state index >= 15 is 0 Å². The molecule has 1 aromatic heterocycles. The van der Waals surface area contributed by atoms with E-state index in [1.54, 1.807) is 18.3 Å². The number of benzene rings is 2. The number of hydrogen-bond donors (Lipinski definition) is 1. The Kier molecular flexibility index (Phi) is 6.51. The maximum Gasteiger partial charge on any atom is 0.332 e. The molecule has 1 aliphatic heterocycles. The van der Waals surface area contributed by atoms with E-state index in [0.29, 0.717) is 11.4 Å². The van der Waals surface area contributed by atoms with Crippen molar-refractivity contribution < 1.29 is 18.3 Å². The van der Waals surface area contributed by atoms with E-state index in [0.717, 1.165) is 30.8 Å². The van der Waals surface area contributed by atoms with Gasteiger partial charge in [0, 0.05) is 31.8 Å². The average molecular weight is 502 g/mol. The van der Waals surface area contributed by atoms with Gasteiger partial charge in [0.2, 0.25) is 5.88 Å². The van der Waals surface area contributed by atoms with Gasteiger partial charge in [-0.05, 0) is 29.8 Å². The van der Waals surface area contributed by atoms with Gasteiger partial charge in [0.1, 0.15) is 23.1 Å². The number of rotatable bonds is 8. The van der Waals surface area contributed by atoms with Crippen LogP contribution in [0.1, 0.15) is 5.56 Å². The van der Waals surface area contributed by atoms with Crippen molar-refractivity contribution in [2.45, 2.75) is 32.3 Å². The molecule has 0 atom stereocenters. The van der Waals surface area contributed by atoms with Crippen LogP contribution in [0.4, 0.5) is 5.69 Å². The summed E-state index contributed by atoms with van der Waals surface area (Å²) in [6, 6.07) is 15.7. The minimum absolute atomic E-state index is 0.244. The molecule has 4 rings (SSSR count). The molecule has 0 aliphatic carbocycles. The van der Waals surface area contributed by atoms with Gasteiger partial charge in [-0.1, -0.05) is 50.0 Å². The molecule has 0 saturated heterocycles. The van der Waals surface area contributed by atoms with Gasteiger partial charge in [0.15, 0.2) is 0 Å². The van der Waals surface area contributed by atoms with E-state index < -0.39 is 18.3 Å². The van der Waals surface area contributed by atoms with Crippen molar-refractivity contribution in [2.75, 3.05) is 10.8 Å². The molecule has 0 unspecified atom stereocenters. The molecule has 0 spiro atoms.